The standard InChI is InChI=1S/C11H13F3OS/c12-11(13,14)8-1-4-10(15,5-2-8)9-3-6-16-7-9/h3,6-8,15H,1-2,4-5H2. The van der Waals surface area contributed by atoms with Gasteiger partial charge < -0.3 is 5.11 Å². The molecule has 1 heterocycles. The smallest absolute Gasteiger partial charge is 0.385 e. The van der Waals surface area contributed by atoms with E-state index in [0.717, 1.165) is 5.56 Å². The van der Waals surface area contributed by atoms with Crippen LogP contribution in [-0.2, 0) is 5.60 Å². The Labute approximate surface area is 95.9 Å². The third-order valence-electron chi connectivity index (χ3n) is 3.33. The predicted molar refractivity (Wildman–Crippen MR) is 56.2 cm³/mol. The molecular weight excluding hydrogens is 237 g/mol. The van der Waals surface area contributed by atoms with E-state index >= 15 is 0 Å². The lowest BCUT2D eigenvalue weighted by molar-refractivity contribution is -0.193. The van der Waals surface area contributed by atoms with Crippen LogP contribution in [0.2, 0.25) is 0 Å². The van der Waals surface area contributed by atoms with Gasteiger partial charge in [-0.3, -0.25) is 0 Å². The highest BCUT2D eigenvalue weighted by Gasteiger charge is 2.45. The molecule has 0 spiro atoms. The predicted octanol–water partition coefficient (Wildman–Crippen LogP) is 3.69. The Hall–Kier alpha value is -0.550. The minimum absolute atomic E-state index is 0.0237. The van der Waals surface area contributed by atoms with Crippen LogP contribution in [-0.4, -0.2) is 11.3 Å². The summed E-state index contributed by atoms with van der Waals surface area (Å²) in [6, 6.07) is 1.79. The molecule has 90 valence electrons. The Morgan fingerprint density at radius 3 is 2.38 bits per heavy atom. The molecule has 0 unspecified atom stereocenters. The summed E-state index contributed by atoms with van der Waals surface area (Å²) in [5.41, 5.74) is -0.278. The zero-order valence-corrected chi connectivity index (χ0v) is 9.44. The molecule has 1 aromatic heterocycles. The minimum Gasteiger partial charge on any atom is -0.385 e. The van der Waals surface area contributed by atoms with E-state index in [1.807, 2.05) is 10.8 Å². The quantitative estimate of drug-likeness (QED) is 0.806. The molecule has 2 rings (SSSR count). The summed E-state index contributed by atoms with van der Waals surface area (Å²) >= 11 is 1.46. The topological polar surface area (TPSA) is 20.2 Å². The second kappa shape index (κ2) is 4.04. The highest BCUT2D eigenvalue weighted by Crippen LogP contribution is 2.45. The molecule has 0 saturated heterocycles. The molecule has 1 nitrogen and oxygen atoms in total. The van der Waals surface area contributed by atoms with Gasteiger partial charge in [0.1, 0.15) is 0 Å². The first-order valence-electron chi connectivity index (χ1n) is 5.23. The van der Waals surface area contributed by atoms with Gasteiger partial charge in [0.05, 0.1) is 11.5 Å². The van der Waals surface area contributed by atoms with Crippen molar-refractivity contribution in [2.24, 2.45) is 5.92 Å². The zero-order valence-electron chi connectivity index (χ0n) is 8.63. The first kappa shape index (κ1) is 11.9. The van der Waals surface area contributed by atoms with E-state index in [-0.39, 0.29) is 25.7 Å². The van der Waals surface area contributed by atoms with Gasteiger partial charge in [-0.25, -0.2) is 0 Å². The Balaban J connectivity index is 2.05. The van der Waals surface area contributed by atoms with E-state index in [1.54, 1.807) is 6.07 Å². The number of alkyl halides is 3. The molecule has 0 aliphatic heterocycles. The van der Waals surface area contributed by atoms with Gasteiger partial charge in [-0.1, -0.05) is 0 Å². The molecule has 1 aliphatic carbocycles. The zero-order chi connectivity index (χ0) is 11.8. The lowest BCUT2D eigenvalue weighted by Crippen LogP contribution is -2.36. The van der Waals surface area contributed by atoms with Crippen molar-refractivity contribution in [1.82, 2.24) is 0 Å². The van der Waals surface area contributed by atoms with Crippen LogP contribution >= 0.6 is 11.3 Å². The van der Waals surface area contributed by atoms with Crippen LogP contribution in [0.4, 0.5) is 13.2 Å². The number of rotatable bonds is 1. The number of hydrogen-bond acceptors (Lipinski definition) is 2. The van der Waals surface area contributed by atoms with E-state index in [1.165, 1.54) is 11.3 Å². The molecular formula is C11H13F3OS. The number of aliphatic hydroxyl groups is 1. The van der Waals surface area contributed by atoms with Crippen LogP contribution in [0.3, 0.4) is 0 Å². The monoisotopic (exact) mass is 250 g/mol. The normalized spacial score (nSPS) is 31.6. The van der Waals surface area contributed by atoms with Gasteiger partial charge >= 0.3 is 6.18 Å². The Bertz CT molecular complexity index is 337. The Morgan fingerprint density at radius 2 is 1.94 bits per heavy atom. The number of halogens is 3. The molecule has 0 radical (unpaired) electrons. The van der Waals surface area contributed by atoms with E-state index < -0.39 is 17.7 Å². The fourth-order valence-electron chi connectivity index (χ4n) is 2.24. The van der Waals surface area contributed by atoms with Crippen LogP contribution in [0.1, 0.15) is 31.2 Å². The Morgan fingerprint density at radius 1 is 1.31 bits per heavy atom. The van der Waals surface area contributed by atoms with Gasteiger partial charge in [-0.15, -0.1) is 0 Å². The molecule has 0 bridgehead atoms. The maximum Gasteiger partial charge on any atom is 0.391 e. The van der Waals surface area contributed by atoms with Gasteiger partial charge in [-0.2, -0.15) is 24.5 Å². The molecule has 1 saturated carbocycles. The van der Waals surface area contributed by atoms with Crippen molar-refractivity contribution >= 4 is 11.3 Å². The van der Waals surface area contributed by atoms with E-state index in [9.17, 15) is 18.3 Å². The third kappa shape index (κ3) is 2.25. The molecule has 0 atom stereocenters. The molecule has 16 heavy (non-hydrogen) atoms. The van der Waals surface area contributed by atoms with E-state index in [0.29, 0.717) is 0 Å². The summed E-state index contributed by atoms with van der Waals surface area (Å²) in [6.45, 7) is 0. The second-order valence-corrected chi connectivity index (χ2v) is 5.14. The van der Waals surface area contributed by atoms with Gasteiger partial charge in [0.15, 0.2) is 0 Å². The third-order valence-corrected chi connectivity index (χ3v) is 4.02. The van der Waals surface area contributed by atoms with Crippen molar-refractivity contribution in [3.8, 4) is 0 Å². The first-order chi connectivity index (χ1) is 7.42. The fraction of sp³-hybridized carbons (Fsp3) is 0.636. The lowest BCUT2D eigenvalue weighted by atomic mass is 9.76. The summed E-state index contributed by atoms with van der Waals surface area (Å²) in [5.74, 6) is -1.24. The van der Waals surface area contributed by atoms with E-state index in [2.05, 4.69) is 0 Å². The largest absolute Gasteiger partial charge is 0.391 e. The highest BCUT2D eigenvalue weighted by molar-refractivity contribution is 7.08. The molecule has 1 aliphatic rings. The van der Waals surface area contributed by atoms with Crippen molar-refractivity contribution < 1.29 is 18.3 Å². The Kier molecular flexibility index (Phi) is 3.01. The van der Waals surface area contributed by atoms with E-state index in [4.69, 9.17) is 0 Å². The van der Waals surface area contributed by atoms with Gasteiger partial charge in [0, 0.05) is 0 Å². The second-order valence-electron chi connectivity index (χ2n) is 4.36. The maximum absolute atomic E-state index is 12.5. The average molecular weight is 250 g/mol. The van der Waals surface area contributed by atoms with Crippen molar-refractivity contribution in [3.05, 3.63) is 22.4 Å². The molecule has 1 N–H and O–H groups in total. The highest BCUT2D eigenvalue weighted by atomic mass is 32.1. The van der Waals surface area contributed by atoms with Crippen molar-refractivity contribution in [2.45, 2.75) is 37.5 Å². The first-order valence-corrected chi connectivity index (χ1v) is 6.18. The summed E-state index contributed by atoms with van der Waals surface area (Å²) in [6.07, 6.45) is -3.66. The van der Waals surface area contributed by atoms with Crippen molar-refractivity contribution in [3.63, 3.8) is 0 Å². The van der Waals surface area contributed by atoms with Crippen LogP contribution in [0.25, 0.3) is 0 Å². The van der Waals surface area contributed by atoms with Gasteiger partial charge in [-0.05, 0) is 48.1 Å². The summed E-state index contributed by atoms with van der Waals surface area (Å²) in [4.78, 5) is 0. The van der Waals surface area contributed by atoms with Crippen LogP contribution in [0, 0.1) is 5.92 Å². The van der Waals surface area contributed by atoms with Crippen molar-refractivity contribution in [1.29, 1.82) is 0 Å². The van der Waals surface area contributed by atoms with Crippen LogP contribution in [0.15, 0.2) is 16.8 Å². The van der Waals surface area contributed by atoms with Crippen LogP contribution in [0.5, 0.6) is 0 Å². The SMILES string of the molecule is OC1(c2ccsc2)CCC(C(F)(F)F)CC1. The minimum atomic E-state index is -4.12. The number of hydrogen-bond donors (Lipinski definition) is 1. The average Bonchev–Trinajstić information content (AvgIpc) is 2.70. The van der Waals surface area contributed by atoms with Crippen LogP contribution < -0.4 is 0 Å². The lowest BCUT2D eigenvalue weighted by Gasteiger charge is -2.36. The van der Waals surface area contributed by atoms with Gasteiger partial charge in [0.25, 0.3) is 0 Å². The number of thiophene rings is 1. The molecule has 0 aromatic carbocycles. The summed E-state index contributed by atoms with van der Waals surface area (Å²) in [7, 11) is 0. The molecule has 1 aromatic rings. The van der Waals surface area contributed by atoms with Crippen molar-refractivity contribution in [2.75, 3.05) is 0 Å². The molecule has 0 amide bonds. The van der Waals surface area contributed by atoms with Gasteiger partial charge in [0.2, 0.25) is 0 Å². The maximum atomic E-state index is 12.5. The summed E-state index contributed by atoms with van der Waals surface area (Å²) in [5, 5.41) is 13.9. The fourth-order valence-corrected chi connectivity index (χ4v) is 2.99. The molecule has 5 heteroatoms. The summed E-state index contributed by atoms with van der Waals surface area (Å²) < 4.78 is 37.4. The molecule has 1 fully saturated rings.